The number of fused-ring (bicyclic) bond motifs is 1. The summed E-state index contributed by atoms with van der Waals surface area (Å²) < 4.78 is 22.1. The summed E-state index contributed by atoms with van der Waals surface area (Å²) in [6, 6.07) is 3.76. The third-order valence-electron chi connectivity index (χ3n) is 4.68. The first-order chi connectivity index (χ1) is 15.4. The molecule has 15 nitrogen and oxygen atoms in total. The second-order valence-corrected chi connectivity index (χ2v) is 9.22. The first-order valence-electron chi connectivity index (χ1n) is 9.14. The number of imidazole rings is 1. The number of aromatic hydroxyl groups is 2. The highest BCUT2D eigenvalue weighted by Gasteiger charge is 2.46. The van der Waals surface area contributed by atoms with Gasteiger partial charge in [0.2, 0.25) is 5.95 Å². The number of benzene rings is 1. The molecule has 3 heterocycles. The molecule has 0 unspecified atom stereocenters. The van der Waals surface area contributed by atoms with Crippen LogP contribution < -0.4 is 11.3 Å². The zero-order valence-electron chi connectivity index (χ0n) is 16.3. The minimum Gasteiger partial charge on any atom is -0.508 e. The molecule has 1 fully saturated rings. The number of nitrogens with two attached hydrogens (primary N) is 1. The molecule has 0 bridgehead atoms. The topological polar surface area (TPSA) is 246 Å². The molecule has 1 saturated heterocycles. The van der Waals surface area contributed by atoms with Crippen LogP contribution in [-0.4, -0.2) is 74.7 Å². The summed E-state index contributed by atoms with van der Waals surface area (Å²) in [5, 5.41) is 40.6. The molecular weight excluding hydrogens is 485 g/mol. The van der Waals surface area contributed by atoms with Crippen LogP contribution in [0.15, 0.2) is 33.0 Å². The number of anilines is 1. The van der Waals surface area contributed by atoms with Crippen LogP contribution in [0.1, 0.15) is 6.23 Å². The van der Waals surface area contributed by atoms with E-state index in [9.17, 15) is 29.8 Å². The van der Waals surface area contributed by atoms with Gasteiger partial charge < -0.3 is 40.7 Å². The van der Waals surface area contributed by atoms with Gasteiger partial charge in [0.1, 0.15) is 29.8 Å². The fourth-order valence-corrected chi connectivity index (χ4v) is 4.49. The van der Waals surface area contributed by atoms with Crippen LogP contribution in [0.5, 0.6) is 11.5 Å². The summed E-state index contributed by atoms with van der Waals surface area (Å²) in [7, 11) is -4.88. The lowest BCUT2D eigenvalue weighted by Crippen LogP contribution is -2.33. The molecule has 0 amide bonds. The Kier molecular flexibility index (Phi) is 6.10. The van der Waals surface area contributed by atoms with Gasteiger partial charge in [0.25, 0.3) is 5.56 Å². The molecule has 2 aromatic heterocycles. The van der Waals surface area contributed by atoms with Gasteiger partial charge >= 0.3 is 7.82 Å². The Balaban J connectivity index is 1.79. The maximum Gasteiger partial charge on any atom is 0.469 e. The Hall–Kier alpha value is -2.69. The van der Waals surface area contributed by atoms with Gasteiger partial charge in [-0.15, -0.1) is 0 Å². The number of nitrogens with zero attached hydrogens (tertiary/aromatic N) is 3. The van der Waals surface area contributed by atoms with Gasteiger partial charge in [-0.25, -0.2) is 9.55 Å². The van der Waals surface area contributed by atoms with Crippen molar-refractivity contribution in [1.82, 2.24) is 19.5 Å². The Bertz CT molecular complexity index is 1310. The van der Waals surface area contributed by atoms with Crippen LogP contribution in [0, 0.1) is 0 Å². The molecule has 0 saturated carbocycles. The van der Waals surface area contributed by atoms with Gasteiger partial charge in [-0.05, 0) is 23.9 Å². The van der Waals surface area contributed by atoms with Gasteiger partial charge in [-0.1, -0.05) is 0 Å². The van der Waals surface area contributed by atoms with Crippen molar-refractivity contribution in [3.8, 4) is 11.5 Å². The average Bonchev–Trinajstić information content (AvgIpc) is 3.19. The van der Waals surface area contributed by atoms with Crippen molar-refractivity contribution in [2.45, 2.75) is 34.6 Å². The van der Waals surface area contributed by atoms with Crippen LogP contribution in [0.4, 0.5) is 5.95 Å². The van der Waals surface area contributed by atoms with E-state index in [2.05, 4.69) is 19.5 Å². The molecule has 1 aliphatic rings. The molecular formula is C16H18N5O10PS. The van der Waals surface area contributed by atoms with E-state index in [0.29, 0.717) is 0 Å². The number of aliphatic hydroxyl groups excluding tert-OH is 2. The van der Waals surface area contributed by atoms with E-state index < -0.39 is 44.5 Å². The van der Waals surface area contributed by atoms with Crippen molar-refractivity contribution < 1.29 is 44.0 Å². The highest BCUT2D eigenvalue weighted by molar-refractivity contribution is 7.99. The first-order valence-corrected chi connectivity index (χ1v) is 11.5. The second-order valence-electron chi connectivity index (χ2n) is 6.97. The number of rotatable bonds is 6. The third-order valence-corrected chi connectivity index (χ3v) is 6.20. The molecule has 4 atom stereocenters. The normalized spacial score (nSPS) is 23.4. The lowest BCUT2D eigenvalue weighted by molar-refractivity contribution is -0.0541. The lowest BCUT2D eigenvalue weighted by atomic mass is 10.1. The summed E-state index contributed by atoms with van der Waals surface area (Å²) in [6.45, 7) is -0.747. The Morgan fingerprint density at radius 3 is 2.64 bits per heavy atom. The molecule has 178 valence electrons. The Morgan fingerprint density at radius 1 is 1.24 bits per heavy atom. The first kappa shape index (κ1) is 23.5. The van der Waals surface area contributed by atoms with Gasteiger partial charge in [0.05, 0.1) is 11.5 Å². The largest absolute Gasteiger partial charge is 0.508 e. The number of phenolic OH excluding ortho intramolecular Hbond substituents is 2. The predicted molar refractivity (Wildman–Crippen MR) is 110 cm³/mol. The summed E-state index contributed by atoms with van der Waals surface area (Å²) in [5.74, 6) is -0.769. The van der Waals surface area contributed by atoms with Crippen molar-refractivity contribution in [2.24, 2.45) is 0 Å². The van der Waals surface area contributed by atoms with Crippen LogP contribution in [0.2, 0.25) is 0 Å². The number of phenols is 2. The van der Waals surface area contributed by atoms with Crippen molar-refractivity contribution in [3.63, 3.8) is 0 Å². The summed E-state index contributed by atoms with van der Waals surface area (Å²) in [6.07, 6.45) is -6.05. The number of hydrogen-bond donors (Lipinski definition) is 8. The van der Waals surface area contributed by atoms with Gasteiger partial charge in [-0.3, -0.25) is 18.9 Å². The third kappa shape index (κ3) is 4.68. The Labute approximate surface area is 187 Å². The minimum absolute atomic E-state index is 0.0117. The molecule has 3 aromatic rings. The number of aliphatic hydroxyl groups is 2. The zero-order valence-corrected chi connectivity index (χ0v) is 18.1. The van der Waals surface area contributed by atoms with E-state index in [1.165, 1.54) is 12.1 Å². The van der Waals surface area contributed by atoms with E-state index in [1.54, 1.807) is 0 Å². The van der Waals surface area contributed by atoms with Crippen molar-refractivity contribution >= 4 is 36.7 Å². The van der Waals surface area contributed by atoms with Crippen molar-refractivity contribution in [3.05, 3.63) is 28.6 Å². The SMILES string of the molecule is Nc1nc2c(nc(Sc3ccc(O)cc3O)n2[C@@H]2O[C@H](COP(=O)(O)O)[C@@H](O)[C@H]2O)c(=O)[nH]1. The van der Waals surface area contributed by atoms with Gasteiger partial charge in [-0.2, -0.15) is 4.98 Å². The number of aromatic amines is 1. The number of phosphoric acid groups is 1. The van der Waals surface area contributed by atoms with Crippen LogP contribution >= 0.6 is 19.6 Å². The molecule has 9 N–H and O–H groups in total. The summed E-state index contributed by atoms with van der Waals surface area (Å²) in [4.78, 5) is 40.9. The van der Waals surface area contributed by atoms with Crippen LogP contribution in [0.25, 0.3) is 11.2 Å². The number of nitrogen functional groups attached to an aromatic ring is 1. The molecule has 0 spiro atoms. The van der Waals surface area contributed by atoms with Crippen molar-refractivity contribution in [2.75, 3.05) is 12.3 Å². The molecule has 17 heteroatoms. The molecule has 4 rings (SSSR count). The summed E-state index contributed by atoms with van der Waals surface area (Å²) >= 11 is 0.827. The fraction of sp³-hybridized carbons (Fsp3) is 0.312. The van der Waals surface area contributed by atoms with Gasteiger partial charge in [0, 0.05) is 6.07 Å². The Morgan fingerprint density at radius 2 is 1.97 bits per heavy atom. The maximum absolute atomic E-state index is 12.4. The molecule has 0 aliphatic carbocycles. The number of hydrogen-bond acceptors (Lipinski definition) is 12. The number of H-pyrrole nitrogens is 1. The monoisotopic (exact) mass is 503 g/mol. The van der Waals surface area contributed by atoms with Gasteiger partial charge in [0.15, 0.2) is 22.5 Å². The molecule has 33 heavy (non-hydrogen) atoms. The molecule has 1 aliphatic heterocycles. The van der Waals surface area contributed by atoms with E-state index in [-0.39, 0.29) is 38.7 Å². The number of ether oxygens (including phenoxy) is 1. The van der Waals surface area contributed by atoms with E-state index in [4.69, 9.17) is 20.3 Å². The van der Waals surface area contributed by atoms with E-state index >= 15 is 0 Å². The number of phosphoric ester groups is 1. The predicted octanol–water partition coefficient (Wildman–Crippen LogP) is -1.01. The molecule has 1 aromatic carbocycles. The highest BCUT2D eigenvalue weighted by Crippen LogP contribution is 2.42. The molecule has 0 radical (unpaired) electrons. The zero-order chi connectivity index (χ0) is 24.1. The van der Waals surface area contributed by atoms with Crippen molar-refractivity contribution in [1.29, 1.82) is 0 Å². The smallest absolute Gasteiger partial charge is 0.469 e. The van der Waals surface area contributed by atoms with E-state index in [0.717, 1.165) is 22.4 Å². The van der Waals surface area contributed by atoms with Crippen LogP contribution in [-0.2, 0) is 13.8 Å². The maximum atomic E-state index is 12.4. The van der Waals surface area contributed by atoms with Crippen LogP contribution in [0.3, 0.4) is 0 Å². The summed E-state index contributed by atoms with van der Waals surface area (Å²) in [5.41, 5.74) is 4.62. The quantitative estimate of drug-likeness (QED) is 0.188. The van der Waals surface area contributed by atoms with E-state index in [1.807, 2.05) is 0 Å². The number of nitrogens with one attached hydrogen (secondary N) is 1. The number of aromatic nitrogens is 4. The average molecular weight is 503 g/mol. The second kappa shape index (κ2) is 8.58. The highest BCUT2D eigenvalue weighted by atomic mass is 32.2. The fourth-order valence-electron chi connectivity index (χ4n) is 3.22. The lowest BCUT2D eigenvalue weighted by Gasteiger charge is -2.19. The minimum atomic E-state index is -4.88. The standard InChI is InChI=1S/C16H18N5O10PS/c17-15-19-12-9(13(26)20-15)18-16(33-8-2-1-5(22)3-6(8)23)21(12)14-11(25)10(24)7(31-14)4-30-32(27,28)29/h1-3,7,10-11,14,22-25H,4H2,(H2,27,28,29)(H3,17,19,20,26)/t7-,10-,11-,14-/m1/s1.